The molecule has 19 heavy (non-hydrogen) atoms. The lowest BCUT2D eigenvalue weighted by Gasteiger charge is -2.21. The summed E-state index contributed by atoms with van der Waals surface area (Å²) in [5.41, 5.74) is 7.23. The summed E-state index contributed by atoms with van der Waals surface area (Å²) in [6.07, 6.45) is 1.09. The smallest absolute Gasteiger partial charge is 0.0544 e. The van der Waals surface area contributed by atoms with Crippen molar-refractivity contribution in [3.05, 3.63) is 57.8 Å². The molecule has 0 aliphatic heterocycles. The average molecular weight is 274 g/mol. The van der Waals surface area contributed by atoms with Crippen LogP contribution in [0.2, 0.25) is 0 Å². The molecule has 1 aromatic carbocycles. The van der Waals surface area contributed by atoms with Crippen molar-refractivity contribution in [3.8, 4) is 0 Å². The predicted octanol–water partition coefficient (Wildman–Crippen LogP) is 3.66. The molecule has 1 aromatic heterocycles. The van der Waals surface area contributed by atoms with Gasteiger partial charge in [-0.05, 0) is 31.0 Å². The van der Waals surface area contributed by atoms with Crippen LogP contribution in [-0.4, -0.2) is 6.54 Å². The van der Waals surface area contributed by atoms with Crippen LogP contribution in [0.15, 0.2) is 42.5 Å². The van der Waals surface area contributed by atoms with Crippen LogP contribution in [0.5, 0.6) is 0 Å². The minimum Gasteiger partial charge on any atom is -0.329 e. The quantitative estimate of drug-likeness (QED) is 0.843. The molecule has 2 atom stereocenters. The standard InChI is InChI=1S/C16H22N2S/c1-3-14-9-10-16(19-14)15(11-17)18-12(2)13-7-5-4-6-8-13/h4-10,12,15,18H,3,11,17H2,1-2H3. The first-order chi connectivity index (χ1) is 9.24. The summed E-state index contributed by atoms with van der Waals surface area (Å²) in [6, 6.07) is 15.4. The van der Waals surface area contributed by atoms with Crippen molar-refractivity contribution in [1.82, 2.24) is 5.32 Å². The molecular weight excluding hydrogens is 252 g/mol. The van der Waals surface area contributed by atoms with Crippen LogP contribution in [0.25, 0.3) is 0 Å². The van der Waals surface area contributed by atoms with Crippen LogP contribution < -0.4 is 11.1 Å². The molecule has 102 valence electrons. The van der Waals surface area contributed by atoms with Crippen molar-refractivity contribution in [2.45, 2.75) is 32.4 Å². The normalized spacial score (nSPS) is 14.3. The Bertz CT molecular complexity index is 492. The van der Waals surface area contributed by atoms with Gasteiger partial charge >= 0.3 is 0 Å². The number of thiophene rings is 1. The molecule has 0 amide bonds. The fraction of sp³-hybridized carbons (Fsp3) is 0.375. The van der Waals surface area contributed by atoms with E-state index in [1.54, 1.807) is 0 Å². The number of benzene rings is 1. The van der Waals surface area contributed by atoms with Gasteiger partial charge in [0.05, 0.1) is 6.04 Å². The third-order valence-corrected chi connectivity index (χ3v) is 4.70. The van der Waals surface area contributed by atoms with Gasteiger partial charge in [0.1, 0.15) is 0 Å². The highest BCUT2D eigenvalue weighted by Gasteiger charge is 2.15. The molecule has 1 heterocycles. The van der Waals surface area contributed by atoms with E-state index in [-0.39, 0.29) is 6.04 Å². The van der Waals surface area contributed by atoms with Crippen LogP contribution >= 0.6 is 11.3 Å². The number of hydrogen-bond donors (Lipinski definition) is 2. The lowest BCUT2D eigenvalue weighted by Crippen LogP contribution is -2.29. The van der Waals surface area contributed by atoms with Gasteiger partial charge in [0.25, 0.3) is 0 Å². The molecule has 0 spiro atoms. The van der Waals surface area contributed by atoms with E-state index in [0.717, 1.165) is 6.42 Å². The summed E-state index contributed by atoms with van der Waals surface area (Å²) in [6.45, 7) is 5.00. The fourth-order valence-corrected chi connectivity index (χ4v) is 3.20. The maximum absolute atomic E-state index is 5.93. The van der Waals surface area contributed by atoms with Crippen LogP contribution in [0.3, 0.4) is 0 Å². The van der Waals surface area contributed by atoms with Gasteiger partial charge in [0, 0.05) is 22.3 Å². The van der Waals surface area contributed by atoms with Crippen LogP contribution in [-0.2, 0) is 6.42 Å². The van der Waals surface area contributed by atoms with E-state index >= 15 is 0 Å². The zero-order valence-corrected chi connectivity index (χ0v) is 12.4. The second kappa shape index (κ2) is 6.85. The Balaban J connectivity index is 2.06. The molecule has 3 N–H and O–H groups in total. The second-order valence-corrected chi connectivity index (χ2v) is 5.94. The monoisotopic (exact) mass is 274 g/mol. The van der Waals surface area contributed by atoms with Crippen LogP contribution in [0.1, 0.15) is 41.2 Å². The average Bonchev–Trinajstić information content (AvgIpc) is 2.94. The molecule has 0 bridgehead atoms. The molecule has 2 unspecified atom stereocenters. The van der Waals surface area contributed by atoms with Crippen molar-refractivity contribution in [2.75, 3.05) is 6.54 Å². The summed E-state index contributed by atoms with van der Waals surface area (Å²) in [4.78, 5) is 2.75. The van der Waals surface area contributed by atoms with Crippen molar-refractivity contribution in [1.29, 1.82) is 0 Å². The van der Waals surface area contributed by atoms with Gasteiger partial charge in [-0.2, -0.15) is 0 Å². The fourth-order valence-electron chi connectivity index (χ4n) is 2.18. The van der Waals surface area contributed by atoms with Gasteiger partial charge in [0.2, 0.25) is 0 Å². The van der Waals surface area contributed by atoms with Crippen molar-refractivity contribution >= 4 is 11.3 Å². The van der Waals surface area contributed by atoms with Crippen LogP contribution in [0, 0.1) is 0 Å². The number of nitrogens with one attached hydrogen (secondary N) is 1. The van der Waals surface area contributed by atoms with E-state index in [2.05, 4.69) is 55.6 Å². The topological polar surface area (TPSA) is 38.0 Å². The summed E-state index contributed by atoms with van der Waals surface area (Å²) in [7, 11) is 0. The molecule has 3 heteroatoms. The number of aryl methyl sites for hydroxylation is 1. The highest BCUT2D eigenvalue weighted by molar-refractivity contribution is 7.12. The number of nitrogens with two attached hydrogens (primary N) is 1. The molecule has 0 aliphatic rings. The van der Waals surface area contributed by atoms with Gasteiger partial charge < -0.3 is 11.1 Å². The minimum absolute atomic E-state index is 0.237. The molecule has 0 saturated heterocycles. The molecule has 0 saturated carbocycles. The van der Waals surface area contributed by atoms with E-state index in [1.807, 2.05) is 17.4 Å². The summed E-state index contributed by atoms with van der Waals surface area (Å²) in [5, 5.41) is 3.62. The van der Waals surface area contributed by atoms with E-state index in [9.17, 15) is 0 Å². The van der Waals surface area contributed by atoms with Gasteiger partial charge in [-0.15, -0.1) is 11.3 Å². The summed E-state index contributed by atoms with van der Waals surface area (Å²) < 4.78 is 0. The Morgan fingerprint density at radius 1 is 1.16 bits per heavy atom. The van der Waals surface area contributed by atoms with Gasteiger partial charge in [-0.25, -0.2) is 0 Å². The Kier molecular flexibility index (Phi) is 5.14. The third kappa shape index (κ3) is 3.66. The molecule has 0 fully saturated rings. The highest BCUT2D eigenvalue weighted by Crippen LogP contribution is 2.25. The Morgan fingerprint density at radius 3 is 2.47 bits per heavy atom. The van der Waals surface area contributed by atoms with E-state index in [4.69, 9.17) is 5.73 Å². The van der Waals surface area contributed by atoms with Crippen molar-refractivity contribution in [2.24, 2.45) is 5.73 Å². The van der Waals surface area contributed by atoms with Crippen molar-refractivity contribution < 1.29 is 0 Å². The van der Waals surface area contributed by atoms with Crippen molar-refractivity contribution in [3.63, 3.8) is 0 Å². The first kappa shape index (κ1) is 14.3. The molecule has 2 nitrogen and oxygen atoms in total. The first-order valence-corrected chi connectivity index (χ1v) is 7.66. The highest BCUT2D eigenvalue weighted by atomic mass is 32.1. The second-order valence-electron chi connectivity index (χ2n) is 4.74. The van der Waals surface area contributed by atoms with Gasteiger partial charge in [-0.1, -0.05) is 37.3 Å². The molecule has 2 rings (SSSR count). The van der Waals surface area contributed by atoms with E-state index < -0.39 is 0 Å². The maximum Gasteiger partial charge on any atom is 0.0544 e. The molecule has 0 aliphatic carbocycles. The lowest BCUT2D eigenvalue weighted by atomic mass is 10.1. The van der Waals surface area contributed by atoms with Gasteiger partial charge in [-0.3, -0.25) is 0 Å². The zero-order valence-electron chi connectivity index (χ0n) is 11.6. The Hall–Kier alpha value is -1.16. The summed E-state index contributed by atoms with van der Waals surface area (Å²) >= 11 is 1.86. The molecule has 2 aromatic rings. The zero-order chi connectivity index (χ0) is 13.7. The molecule has 0 radical (unpaired) electrons. The Morgan fingerprint density at radius 2 is 1.89 bits per heavy atom. The van der Waals surface area contributed by atoms with E-state index in [0.29, 0.717) is 12.6 Å². The number of rotatable bonds is 6. The maximum atomic E-state index is 5.93. The minimum atomic E-state index is 0.237. The van der Waals surface area contributed by atoms with Crippen LogP contribution in [0.4, 0.5) is 0 Å². The molecular formula is C16H22N2S. The first-order valence-electron chi connectivity index (χ1n) is 6.84. The lowest BCUT2D eigenvalue weighted by molar-refractivity contribution is 0.479. The SMILES string of the molecule is CCc1ccc(C(CN)NC(C)c2ccccc2)s1. The predicted molar refractivity (Wildman–Crippen MR) is 83.5 cm³/mol. The Labute approximate surface area is 119 Å². The van der Waals surface area contributed by atoms with E-state index in [1.165, 1.54) is 15.3 Å². The summed E-state index contributed by atoms with van der Waals surface area (Å²) in [5.74, 6) is 0. The van der Waals surface area contributed by atoms with Gasteiger partial charge in [0.15, 0.2) is 0 Å². The third-order valence-electron chi connectivity index (χ3n) is 3.36. The number of hydrogen-bond acceptors (Lipinski definition) is 3. The largest absolute Gasteiger partial charge is 0.329 e.